The van der Waals surface area contributed by atoms with Gasteiger partial charge in [0, 0.05) is 19.3 Å². The number of carbonyl (C=O) groups excluding carboxylic acids is 2. The first-order valence-electron chi connectivity index (χ1n) is 21.7. The van der Waals surface area contributed by atoms with E-state index in [-0.39, 0.29) is 36.2 Å². The van der Waals surface area contributed by atoms with Crippen LogP contribution in [0.2, 0.25) is 0 Å². The molecule has 0 aliphatic heterocycles. The van der Waals surface area contributed by atoms with Crippen molar-refractivity contribution < 1.29 is 38.2 Å². The second-order valence-corrected chi connectivity index (χ2v) is 15.6. The lowest BCUT2D eigenvalue weighted by Gasteiger charge is -2.31. The van der Waals surface area contributed by atoms with Gasteiger partial charge in [0.2, 0.25) is 0 Å². The molecule has 0 aliphatic rings. The van der Waals surface area contributed by atoms with E-state index in [2.05, 4.69) is 62.5 Å². The van der Waals surface area contributed by atoms with Gasteiger partial charge in [0.05, 0.1) is 34.4 Å². The van der Waals surface area contributed by atoms with Crippen molar-refractivity contribution in [2.45, 2.75) is 187 Å². The van der Waals surface area contributed by atoms with Crippen LogP contribution in [0.1, 0.15) is 174 Å². The highest BCUT2D eigenvalue weighted by molar-refractivity contribution is 5.72. The van der Waals surface area contributed by atoms with Crippen LogP contribution in [0.15, 0.2) is 48.6 Å². The Kier molecular flexibility index (Phi) is 35.4. The Morgan fingerprint density at radius 2 is 1.04 bits per heavy atom. The summed E-state index contributed by atoms with van der Waals surface area (Å²) in [6.07, 6.45) is 42.9. The minimum atomic E-state index is -0.881. The molecule has 0 fully saturated rings. The number of carboxylic acid groups (broad SMARTS) is 1. The van der Waals surface area contributed by atoms with Gasteiger partial charge < -0.3 is 23.8 Å². The smallest absolute Gasteiger partial charge is 0.362 e. The van der Waals surface area contributed by atoms with Crippen LogP contribution in [0.5, 0.6) is 0 Å². The number of nitrogens with zero attached hydrogens (tertiary/aromatic N) is 1. The normalized spacial score (nSPS) is 13.4. The van der Waals surface area contributed by atoms with E-state index >= 15 is 0 Å². The summed E-state index contributed by atoms with van der Waals surface area (Å²) in [6.45, 7) is 4.59. The van der Waals surface area contributed by atoms with Crippen LogP contribution in [0.4, 0.5) is 0 Å². The number of quaternary nitrogens is 1. The molecule has 8 heteroatoms. The van der Waals surface area contributed by atoms with E-state index < -0.39 is 18.1 Å². The molecule has 2 atom stereocenters. The van der Waals surface area contributed by atoms with Crippen LogP contribution >= 0.6 is 0 Å². The maximum Gasteiger partial charge on any atom is 0.362 e. The van der Waals surface area contributed by atoms with Gasteiger partial charge in [-0.2, -0.15) is 0 Å². The van der Waals surface area contributed by atoms with Crippen LogP contribution in [-0.2, 0) is 28.6 Å². The maximum absolute atomic E-state index is 12.7. The Balaban J connectivity index is 4.41. The van der Waals surface area contributed by atoms with E-state index in [0.29, 0.717) is 19.3 Å². The molecule has 0 saturated heterocycles. The molecule has 0 bridgehead atoms. The zero-order chi connectivity index (χ0) is 40.0. The van der Waals surface area contributed by atoms with E-state index in [1.165, 1.54) is 70.6 Å². The third-order valence-corrected chi connectivity index (χ3v) is 9.49. The van der Waals surface area contributed by atoms with Crippen molar-refractivity contribution >= 4 is 17.9 Å². The van der Waals surface area contributed by atoms with Crippen LogP contribution in [0.25, 0.3) is 0 Å². The summed E-state index contributed by atoms with van der Waals surface area (Å²) >= 11 is 0. The average molecular weight is 761 g/mol. The molecule has 0 saturated carbocycles. The molecule has 0 aromatic carbocycles. The second kappa shape index (κ2) is 37.2. The Labute approximate surface area is 331 Å². The number of carboxylic acids is 1. The highest BCUT2D eigenvalue weighted by Crippen LogP contribution is 2.14. The molecular formula is C46H82NO7+. The lowest BCUT2D eigenvalue weighted by atomic mass is 10.0. The van der Waals surface area contributed by atoms with Crippen LogP contribution in [0.3, 0.4) is 0 Å². The van der Waals surface area contributed by atoms with Crippen LogP contribution in [0, 0.1) is 0 Å². The van der Waals surface area contributed by atoms with Gasteiger partial charge in [-0.25, -0.2) is 4.79 Å². The SMILES string of the molecule is CC/C=C/C/C=C/C/C=C/C/C=C/CCCCCC(=O)OC(COCCC(C(=O)O)[N+](C)(C)C)COC(=O)CCCCCCCCCCCCCCCC. The standard InChI is InChI=1S/C46H81NO7/c1-6-8-10-12-14-16-18-20-22-23-25-27-29-31-33-35-37-45(49)54-42(40-52-39-38-43(46(50)51)47(3,4)5)41-53-44(48)36-34-32-30-28-26-24-21-19-17-15-13-11-9-7-2/h8,10,14,16,20,22,25,27,42-43H,6-7,9,11-13,15,17-19,21,23-24,26,28-41H2,1-5H3/p+1/b10-8+,16-14+,22-20+,27-25+. The molecule has 0 rings (SSSR count). The van der Waals surface area contributed by atoms with E-state index in [0.717, 1.165) is 70.6 Å². The maximum atomic E-state index is 12.7. The van der Waals surface area contributed by atoms with Gasteiger partial charge in [0.15, 0.2) is 12.1 Å². The molecule has 0 spiro atoms. The van der Waals surface area contributed by atoms with Crippen LogP contribution in [-0.4, -0.2) is 80.6 Å². The van der Waals surface area contributed by atoms with Crippen molar-refractivity contribution in [2.24, 2.45) is 0 Å². The number of ether oxygens (including phenoxy) is 3. The number of rotatable bonds is 38. The van der Waals surface area contributed by atoms with Gasteiger partial charge in [-0.05, 0) is 51.4 Å². The summed E-state index contributed by atoms with van der Waals surface area (Å²) in [4.78, 5) is 36.9. The number of unbranched alkanes of at least 4 members (excludes halogenated alkanes) is 16. The lowest BCUT2D eigenvalue weighted by molar-refractivity contribution is -0.887. The molecule has 0 radical (unpaired) electrons. The van der Waals surface area contributed by atoms with Gasteiger partial charge in [0.25, 0.3) is 0 Å². The first-order chi connectivity index (χ1) is 26.1. The summed E-state index contributed by atoms with van der Waals surface area (Å²) in [5.41, 5.74) is 0. The molecule has 54 heavy (non-hydrogen) atoms. The van der Waals surface area contributed by atoms with Gasteiger partial charge in [-0.3, -0.25) is 9.59 Å². The predicted molar refractivity (Wildman–Crippen MR) is 224 cm³/mol. The van der Waals surface area contributed by atoms with Crippen molar-refractivity contribution in [1.29, 1.82) is 0 Å². The number of hydrogen-bond acceptors (Lipinski definition) is 6. The van der Waals surface area contributed by atoms with Crippen molar-refractivity contribution in [3.8, 4) is 0 Å². The largest absolute Gasteiger partial charge is 0.477 e. The fourth-order valence-electron chi connectivity index (χ4n) is 6.14. The number of aliphatic carboxylic acids is 1. The average Bonchev–Trinajstić information content (AvgIpc) is 3.12. The van der Waals surface area contributed by atoms with Gasteiger partial charge in [-0.15, -0.1) is 0 Å². The molecule has 0 aromatic rings. The molecule has 8 nitrogen and oxygen atoms in total. The summed E-state index contributed by atoms with van der Waals surface area (Å²) in [6, 6.07) is -0.620. The Bertz CT molecular complexity index is 1030. The first kappa shape index (κ1) is 51.3. The molecule has 2 unspecified atom stereocenters. The number of hydrogen-bond donors (Lipinski definition) is 1. The quantitative estimate of drug-likeness (QED) is 0.0289. The minimum absolute atomic E-state index is 0.0488. The number of esters is 2. The molecule has 1 N–H and O–H groups in total. The number of allylic oxidation sites excluding steroid dienone is 8. The Hall–Kier alpha value is -2.71. The molecule has 0 aromatic heterocycles. The van der Waals surface area contributed by atoms with Gasteiger partial charge in [0.1, 0.15) is 6.61 Å². The topological polar surface area (TPSA) is 99.1 Å². The van der Waals surface area contributed by atoms with E-state index in [1.54, 1.807) is 0 Å². The molecule has 0 amide bonds. The van der Waals surface area contributed by atoms with Crippen LogP contribution < -0.4 is 0 Å². The van der Waals surface area contributed by atoms with Crippen molar-refractivity contribution in [2.75, 3.05) is 41.0 Å². The second-order valence-electron chi connectivity index (χ2n) is 15.6. The van der Waals surface area contributed by atoms with E-state index in [1.807, 2.05) is 21.1 Å². The molecular weight excluding hydrogens is 679 g/mol. The zero-order valence-corrected chi connectivity index (χ0v) is 35.4. The Morgan fingerprint density at radius 3 is 1.54 bits per heavy atom. The Morgan fingerprint density at radius 1 is 0.574 bits per heavy atom. The monoisotopic (exact) mass is 761 g/mol. The van der Waals surface area contributed by atoms with E-state index in [9.17, 15) is 19.5 Å². The van der Waals surface area contributed by atoms with Gasteiger partial charge in [-0.1, -0.05) is 152 Å². The summed E-state index contributed by atoms with van der Waals surface area (Å²) in [5.74, 6) is -1.51. The number of likely N-dealkylation sites (N-methyl/N-ethyl adjacent to an activating group) is 1. The summed E-state index contributed by atoms with van der Waals surface area (Å²) in [5, 5.41) is 9.61. The summed E-state index contributed by atoms with van der Waals surface area (Å²) < 4.78 is 17.2. The zero-order valence-electron chi connectivity index (χ0n) is 35.4. The van der Waals surface area contributed by atoms with E-state index in [4.69, 9.17) is 14.2 Å². The summed E-state index contributed by atoms with van der Waals surface area (Å²) in [7, 11) is 5.51. The third kappa shape index (κ3) is 35.0. The van der Waals surface area contributed by atoms with Crippen molar-refractivity contribution in [3.63, 3.8) is 0 Å². The molecule has 0 heterocycles. The minimum Gasteiger partial charge on any atom is -0.477 e. The predicted octanol–water partition coefficient (Wildman–Crippen LogP) is 11.6. The van der Waals surface area contributed by atoms with Gasteiger partial charge >= 0.3 is 17.9 Å². The molecule has 0 aliphatic carbocycles. The van der Waals surface area contributed by atoms with Crippen molar-refractivity contribution in [1.82, 2.24) is 0 Å². The third-order valence-electron chi connectivity index (χ3n) is 9.49. The number of carbonyl (C=O) groups is 3. The fraction of sp³-hybridized carbons (Fsp3) is 0.761. The lowest BCUT2D eigenvalue weighted by Crippen LogP contribution is -2.50. The molecule has 312 valence electrons. The fourth-order valence-corrected chi connectivity index (χ4v) is 6.14. The highest BCUT2D eigenvalue weighted by atomic mass is 16.6. The first-order valence-corrected chi connectivity index (χ1v) is 21.7. The van der Waals surface area contributed by atoms with Crippen molar-refractivity contribution in [3.05, 3.63) is 48.6 Å². The highest BCUT2D eigenvalue weighted by Gasteiger charge is 2.31.